The van der Waals surface area contributed by atoms with Gasteiger partial charge in [0.15, 0.2) is 18.1 Å². The van der Waals surface area contributed by atoms with Crippen molar-refractivity contribution in [3.05, 3.63) is 42.0 Å². The van der Waals surface area contributed by atoms with E-state index >= 15 is 0 Å². The first-order chi connectivity index (χ1) is 15.0. The van der Waals surface area contributed by atoms with Crippen molar-refractivity contribution in [2.75, 3.05) is 38.4 Å². The molecule has 168 valence electrons. The highest BCUT2D eigenvalue weighted by Crippen LogP contribution is 2.39. The van der Waals surface area contributed by atoms with Gasteiger partial charge in [-0.3, -0.25) is 4.79 Å². The number of carbonyl (C=O) groups is 2. The molecule has 0 bridgehead atoms. The van der Waals surface area contributed by atoms with Crippen molar-refractivity contribution in [1.29, 1.82) is 0 Å². The lowest BCUT2D eigenvalue weighted by molar-refractivity contribution is -0.119. The molecule has 31 heavy (non-hydrogen) atoms. The average Bonchev–Trinajstić information content (AvgIpc) is 2.76. The van der Waals surface area contributed by atoms with E-state index in [0.717, 1.165) is 0 Å². The second-order valence-electron chi connectivity index (χ2n) is 6.18. The van der Waals surface area contributed by atoms with Crippen LogP contribution >= 0.6 is 0 Å². The molecule has 0 atom stereocenters. The van der Waals surface area contributed by atoms with Crippen LogP contribution in [0.3, 0.4) is 0 Å². The van der Waals surface area contributed by atoms with Gasteiger partial charge in [-0.2, -0.15) is 0 Å². The van der Waals surface area contributed by atoms with Crippen molar-refractivity contribution >= 4 is 17.6 Å². The Hall–Kier alpha value is -3.42. The lowest BCUT2D eigenvalue weighted by atomic mass is 10.2. The minimum atomic E-state index is -0.674. The summed E-state index contributed by atoms with van der Waals surface area (Å²) < 4.78 is 27.3. The van der Waals surface area contributed by atoms with Gasteiger partial charge in [0.2, 0.25) is 5.75 Å². The first-order valence-electron chi connectivity index (χ1n) is 10.3. The van der Waals surface area contributed by atoms with Crippen LogP contribution in [0.15, 0.2) is 36.4 Å². The van der Waals surface area contributed by atoms with Crippen LogP contribution in [0.5, 0.6) is 23.0 Å². The van der Waals surface area contributed by atoms with Crippen molar-refractivity contribution in [2.45, 2.75) is 27.7 Å². The van der Waals surface area contributed by atoms with E-state index in [1.165, 1.54) is 12.1 Å². The van der Waals surface area contributed by atoms with Gasteiger partial charge in [-0.15, -0.1) is 0 Å². The Morgan fingerprint density at radius 2 is 1.32 bits per heavy atom. The molecule has 8 nitrogen and oxygen atoms in total. The predicted molar refractivity (Wildman–Crippen MR) is 116 cm³/mol. The van der Waals surface area contributed by atoms with Crippen LogP contribution in [0.4, 0.5) is 5.69 Å². The zero-order valence-electron chi connectivity index (χ0n) is 18.4. The van der Waals surface area contributed by atoms with Crippen molar-refractivity contribution in [2.24, 2.45) is 0 Å². The number of benzene rings is 2. The number of esters is 1. The quantitative estimate of drug-likeness (QED) is 0.506. The van der Waals surface area contributed by atoms with Crippen molar-refractivity contribution in [1.82, 2.24) is 0 Å². The molecule has 2 aromatic rings. The summed E-state index contributed by atoms with van der Waals surface area (Å²) in [6, 6.07) is 9.94. The lowest BCUT2D eigenvalue weighted by Crippen LogP contribution is -2.21. The molecule has 0 aromatic heterocycles. The van der Waals surface area contributed by atoms with E-state index in [2.05, 4.69) is 5.32 Å². The molecule has 0 aliphatic rings. The molecule has 1 N–H and O–H groups in total. The van der Waals surface area contributed by atoms with E-state index in [-0.39, 0.29) is 5.56 Å². The van der Waals surface area contributed by atoms with Gasteiger partial charge >= 0.3 is 5.97 Å². The maximum Gasteiger partial charge on any atom is 0.338 e. The SMILES string of the molecule is CCOc1ccc(NC(=O)COC(=O)c2cc(OCC)c(OCC)c(OCC)c2)cc1. The van der Waals surface area contributed by atoms with Gasteiger partial charge in [-0.05, 0) is 64.1 Å². The standard InChI is InChI=1S/C23H29NO7/c1-5-27-18-11-9-17(10-12-18)24-21(25)15-31-23(26)16-13-19(28-6-2)22(30-8-4)20(14-16)29-7-3/h9-14H,5-8,15H2,1-4H3,(H,24,25). The molecule has 0 radical (unpaired) electrons. The zero-order valence-corrected chi connectivity index (χ0v) is 18.4. The van der Waals surface area contributed by atoms with Crippen molar-refractivity contribution in [3.8, 4) is 23.0 Å². The Bertz CT molecular complexity index is 838. The Morgan fingerprint density at radius 1 is 0.774 bits per heavy atom. The van der Waals surface area contributed by atoms with E-state index in [1.54, 1.807) is 24.3 Å². The third-order valence-electron chi connectivity index (χ3n) is 3.93. The normalized spacial score (nSPS) is 10.2. The number of hydrogen-bond acceptors (Lipinski definition) is 7. The molecule has 0 spiro atoms. The Kier molecular flexibility index (Phi) is 9.48. The van der Waals surface area contributed by atoms with Crippen LogP contribution in [0.25, 0.3) is 0 Å². The third kappa shape index (κ3) is 7.09. The minimum absolute atomic E-state index is 0.198. The molecule has 0 aliphatic heterocycles. The second-order valence-corrected chi connectivity index (χ2v) is 6.18. The summed E-state index contributed by atoms with van der Waals surface area (Å²) in [7, 11) is 0. The molecule has 0 fully saturated rings. The smallest absolute Gasteiger partial charge is 0.338 e. The van der Waals surface area contributed by atoms with Gasteiger partial charge in [-0.1, -0.05) is 0 Å². The molecule has 0 saturated carbocycles. The summed E-state index contributed by atoms with van der Waals surface area (Å²) in [6.45, 7) is 8.69. The molecule has 0 aliphatic carbocycles. The molecule has 8 heteroatoms. The topological polar surface area (TPSA) is 92.3 Å². The van der Waals surface area contributed by atoms with Crippen molar-refractivity contribution < 1.29 is 33.3 Å². The zero-order chi connectivity index (χ0) is 22.6. The molecule has 2 aromatic carbocycles. The fraction of sp³-hybridized carbons (Fsp3) is 0.391. The van der Waals surface area contributed by atoms with Crippen LogP contribution in [0.2, 0.25) is 0 Å². The van der Waals surface area contributed by atoms with Crippen LogP contribution in [0.1, 0.15) is 38.1 Å². The van der Waals surface area contributed by atoms with Gasteiger partial charge in [0.25, 0.3) is 5.91 Å². The second kappa shape index (κ2) is 12.3. The number of anilines is 1. The summed E-state index contributed by atoms with van der Waals surface area (Å²) in [4.78, 5) is 24.7. The first-order valence-corrected chi connectivity index (χ1v) is 10.3. The Labute approximate surface area is 182 Å². The predicted octanol–water partition coefficient (Wildman–Crippen LogP) is 4.08. The minimum Gasteiger partial charge on any atom is -0.494 e. The Balaban J connectivity index is 2.05. The third-order valence-corrected chi connectivity index (χ3v) is 3.93. The molecule has 0 heterocycles. The largest absolute Gasteiger partial charge is 0.494 e. The number of amides is 1. The number of hydrogen-bond donors (Lipinski definition) is 1. The molecule has 0 unspecified atom stereocenters. The number of rotatable bonds is 12. The molecular weight excluding hydrogens is 402 g/mol. The average molecular weight is 431 g/mol. The summed E-state index contributed by atoms with van der Waals surface area (Å²) in [5.41, 5.74) is 0.770. The summed E-state index contributed by atoms with van der Waals surface area (Å²) in [6.07, 6.45) is 0. The maximum absolute atomic E-state index is 12.5. The molecule has 1 amide bonds. The van der Waals surface area contributed by atoms with Gasteiger partial charge in [-0.25, -0.2) is 4.79 Å². The fourth-order valence-electron chi connectivity index (χ4n) is 2.72. The maximum atomic E-state index is 12.5. The van der Waals surface area contributed by atoms with Crippen LogP contribution in [-0.2, 0) is 9.53 Å². The van der Waals surface area contributed by atoms with Crippen LogP contribution in [-0.4, -0.2) is 44.9 Å². The summed E-state index contributed by atoms with van der Waals surface area (Å²) in [5.74, 6) is 0.751. The summed E-state index contributed by atoms with van der Waals surface area (Å²) in [5, 5.41) is 2.67. The molecule has 0 saturated heterocycles. The molecule has 2 rings (SSSR count). The van der Waals surface area contributed by atoms with E-state index in [0.29, 0.717) is 55.1 Å². The highest BCUT2D eigenvalue weighted by atomic mass is 16.5. The van der Waals surface area contributed by atoms with Gasteiger partial charge in [0.1, 0.15) is 5.75 Å². The van der Waals surface area contributed by atoms with Gasteiger partial charge in [0.05, 0.1) is 32.0 Å². The van der Waals surface area contributed by atoms with E-state index < -0.39 is 18.5 Å². The Morgan fingerprint density at radius 3 is 1.84 bits per heavy atom. The highest BCUT2D eigenvalue weighted by Gasteiger charge is 2.20. The van der Waals surface area contributed by atoms with Crippen LogP contribution < -0.4 is 24.3 Å². The highest BCUT2D eigenvalue weighted by molar-refractivity contribution is 5.96. The first kappa shape index (κ1) is 23.9. The number of ether oxygens (including phenoxy) is 5. The van der Waals surface area contributed by atoms with E-state index in [4.69, 9.17) is 23.7 Å². The number of carbonyl (C=O) groups excluding carboxylic acids is 2. The lowest BCUT2D eigenvalue weighted by Gasteiger charge is -2.16. The monoisotopic (exact) mass is 431 g/mol. The number of nitrogens with one attached hydrogen (secondary N) is 1. The van der Waals surface area contributed by atoms with Crippen LogP contribution in [0, 0.1) is 0 Å². The molecular formula is C23H29NO7. The van der Waals surface area contributed by atoms with E-state index in [1.807, 2.05) is 27.7 Å². The van der Waals surface area contributed by atoms with Gasteiger partial charge < -0.3 is 29.0 Å². The van der Waals surface area contributed by atoms with Crippen molar-refractivity contribution in [3.63, 3.8) is 0 Å². The fourth-order valence-corrected chi connectivity index (χ4v) is 2.72. The van der Waals surface area contributed by atoms with E-state index in [9.17, 15) is 9.59 Å². The summed E-state index contributed by atoms with van der Waals surface area (Å²) >= 11 is 0. The van der Waals surface area contributed by atoms with Gasteiger partial charge in [0, 0.05) is 5.69 Å².